The van der Waals surface area contributed by atoms with Gasteiger partial charge >= 0.3 is 6.02 Å². The lowest BCUT2D eigenvalue weighted by atomic mass is 10.1. The number of amidine groups is 1. The molecule has 0 spiro atoms. The number of ether oxygens (including phenoxy) is 1. The van der Waals surface area contributed by atoms with Gasteiger partial charge < -0.3 is 9.84 Å². The molecule has 0 aromatic heterocycles. The maximum absolute atomic E-state index is 9.87. The second kappa shape index (κ2) is 5.61. The van der Waals surface area contributed by atoms with E-state index < -0.39 is 0 Å². The molecule has 2 N–H and O–H groups in total. The van der Waals surface area contributed by atoms with Gasteiger partial charge in [0.15, 0.2) is 0 Å². The highest BCUT2D eigenvalue weighted by molar-refractivity contribution is 6.02. The number of hydrogen-bond donors (Lipinski definition) is 2. The van der Waals surface area contributed by atoms with Gasteiger partial charge in [-0.05, 0) is 25.1 Å². The molecular weight excluding hydrogens is 240 g/mol. The standard InChI is InChI=1S/C15H18N2O2/c1-4-19-15(17(2)3)16-13-9-10-14(18)12-8-6-5-7-11(12)13/h5-10,18H,4H2,1-3H3/p+1. The van der Waals surface area contributed by atoms with Crippen LogP contribution in [0.3, 0.4) is 0 Å². The first kappa shape index (κ1) is 13.2. The fourth-order valence-electron chi connectivity index (χ4n) is 1.92. The number of anilines is 1. The van der Waals surface area contributed by atoms with Gasteiger partial charge in [0, 0.05) is 10.8 Å². The topological polar surface area (TPSA) is 44.5 Å². The number of aromatic hydroxyl groups is 1. The molecule has 0 bridgehead atoms. The van der Waals surface area contributed by atoms with E-state index in [1.165, 1.54) is 0 Å². The first-order valence-electron chi connectivity index (χ1n) is 6.28. The number of nitrogens with zero attached hydrogens (tertiary/aromatic N) is 1. The number of fused-ring (bicyclic) bond motifs is 1. The van der Waals surface area contributed by atoms with Crippen molar-refractivity contribution >= 4 is 22.5 Å². The van der Waals surface area contributed by atoms with Crippen LogP contribution in [0.15, 0.2) is 36.4 Å². The first-order valence-corrected chi connectivity index (χ1v) is 6.28. The summed E-state index contributed by atoms with van der Waals surface area (Å²) in [6.07, 6.45) is 0. The van der Waals surface area contributed by atoms with Crippen LogP contribution < -0.4 is 5.32 Å². The van der Waals surface area contributed by atoms with E-state index in [1.807, 2.05) is 55.9 Å². The molecule has 0 aliphatic heterocycles. The molecule has 0 aliphatic rings. The van der Waals surface area contributed by atoms with Crippen LogP contribution in [0.2, 0.25) is 0 Å². The Labute approximate surface area is 113 Å². The summed E-state index contributed by atoms with van der Waals surface area (Å²) < 4.78 is 7.44. The molecule has 2 aromatic rings. The van der Waals surface area contributed by atoms with Crippen LogP contribution in [0, 0.1) is 0 Å². The number of nitrogens with one attached hydrogen (secondary N) is 1. The average Bonchev–Trinajstić information content (AvgIpc) is 2.41. The second-order valence-corrected chi connectivity index (χ2v) is 4.44. The Bertz CT molecular complexity index is 617. The van der Waals surface area contributed by atoms with Crippen LogP contribution in [-0.4, -0.2) is 36.4 Å². The van der Waals surface area contributed by atoms with Gasteiger partial charge in [-0.2, -0.15) is 0 Å². The average molecular weight is 259 g/mol. The van der Waals surface area contributed by atoms with Gasteiger partial charge in [-0.3, -0.25) is 0 Å². The Morgan fingerprint density at radius 2 is 1.84 bits per heavy atom. The molecule has 0 aliphatic carbocycles. The van der Waals surface area contributed by atoms with E-state index >= 15 is 0 Å². The van der Waals surface area contributed by atoms with E-state index in [2.05, 4.69) is 5.32 Å². The van der Waals surface area contributed by atoms with E-state index in [9.17, 15) is 5.11 Å². The lowest BCUT2D eigenvalue weighted by Crippen LogP contribution is -2.25. The lowest BCUT2D eigenvalue weighted by Gasteiger charge is -2.09. The van der Waals surface area contributed by atoms with Crippen LogP contribution in [0.4, 0.5) is 5.69 Å². The van der Waals surface area contributed by atoms with Gasteiger partial charge in [-0.1, -0.05) is 18.2 Å². The molecule has 2 rings (SSSR count). The number of phenolic OH excluding ortho intramolecular Hbond substituents is 1. The summed E-state index contributed by atoms with van der Waals surface area (Å²) in [4.78, 5) is 0. The summed E-state index contributed by atoms with van der Waals surface area (Å²) in [6.45, 7) is 2.54. The molecule has 0 atom stereocenters. The van der Waals surface area contributed by atoms with Crippen molar-refractivity contribution in [1.29, 1.82) is 0 Å². The molecule has 2 aromatic carbocycles. The van der Waals surface area contributed by atoms with Crippen molar-refractivity contribution in [3.8, 4) is 5.75 Å². The SMILES string of the molecule is CCOC(Nc1ccc(O)c2ccccc12)=[N+](C)C. The Balaban J connectivity index is 2.46. The van der Waals surface area contributed by atoms with Gasteiger partial charge in [-0.25, -0.2) is 9.89 Å². The summed E-state index contributed by atoms with van der Waals surface area (Å²) in [5.41, 5.74) is 0.908. The molecule has 100 valence electrons. The molecule has 0 saturated heterocycles. The maximum atomic E-state index is 9.87. The zero-order valence-electron chi connectivity index (χ0n) is 11.5. The molecule has 4 nitrogen and oxygen atoms in total. The summed E-state index contributed by atoms with van der Waals surface area (Å²) in [5.74, 6) is 0.281. The van der Waals surface area contributed by atoms with Crippen molar-refractivity contribution < 1.29 is 14.4 Å². The molecule has 0 amide bonds. The van der Waals surface area contributed by atoms with Crippen molar-refractivity contribution in [2.45, 2.75) is 6.92 Å². The zero-order valence-corrected chi connectivity index (χ0v) is 11.5. The molecule has 0 radical (unpaired) electrons. The summed E-state index contributed by atoms with van der Waals surface area (Å²) in [6, 6.07) is 11.9. The van der Waals surface area contributed by atoms with Crippen molar-refractivity contribution in [2.24, 2.45) is 0 Å². The minimum absolute atomic E-state index is 0.281. The van der Waals surface area contributed by atoms with Gasteiger partial charge in [-0.15, -0.1) is 0 Å². The number of benzene rings is 2. The van der Waals surface area contributed by atoms with E-state index in [0.29, 0.717) is 12.6 Å². The molecule has 0 fully saturated rings. The molecule has 0 unspecified atom stereocenters. The predicted octanol–water partition coefficient (Wildman–Crippen LogP) is 2.62. The third-order valence-electron chi connectivity index (χ3n) is 2.83. The van der Waals surface area contributed by atoms with Crippen molar-refractivity contribution in [3.05, 3.63) is 36.4 Å². The van der Waals surface area contributed by atoms with E-state index in [4.69, 9.17) is 4.74 Å². The number of rotatable bonds is 2. The largest absolute Gasteiger partial charge is 0.507 e. The second-order valence-electron chi connectivity index (χ2n) is 4.44. The van der Waals surface area contributed by atoms with E-state index in [0.717, 1.165) is 16.5 Å². The van der Waals surface area contributed by atoms with Gasteiger partial charge in [0.05, 0.1) is 20.7 Å². The predicted molar refractivity (Wildman–Crippen MR) is 78.0 cm³/mol. The van der Waals surface area contributed by atoms with Crippen LogP contribution in [0.5, 0.6) is 5.75 Å². The van der Waals surface area contributed by atoms with Crippen LogP contribution in [-0.2, 0) is 4.74 Å². The van der Waals surface area contributed by atoms with Gasteiger partial charge in [0.2, 0.25) is 0 Å². The Morgan fingerprint density at radius 1 is 1.16 bits per heavy atom. The van der Waals surface area contributed by atoms with E-state index in [-0.39, 0.29) is 5.75 Å². The molecule has 0 heterocycles. The molecule has 4 heteroatoms. The summed E-state index contributed by atoms with van der Waals surface area (Å²) in [5, 5.41) is 14.9. The normalized spacial score (nSPS) is 10.3. The smallest absolute Gasteiger partial charge is 0.448 e. The Kier molecular flexibility index (Phi) is 3.90. The summed E-state index contributed by atoms with van der Waals surface area (Å²) >= 11 is 0. The third-order valence-corrected chi connectivity index (χ3v) is 2.83. The van der Waals surface area contributed by atoms with Crippen molar-refractivity contribution in [2.75, 3.05) is 26.0 Å². The highest BCUT2D eigenvalue weighted by atomic mass is 16.5. The first-order chi connectivity index (χ1) is 9.13. The molecule has 0 saturated carbocycles. The van der Waals surface area contributed by atoms with E-state index in [1.54, 1.807) is 6.07 Å². The fourth-order valence-corrected chi connectivity index (χ4v) is 1.92. The fraction of sp³-hybridized carbons (Fsp3) is 0.267. The van der Waals surface area contributed by atoms with Crippen LogP contribution >= 0.6 is 0 Å². The highest BCUT2D eigenvalue weighted by Crippen LogP contribution is 2.30. The molecule has 19 heavy (non-hydrogen) atoms. The maximum Gasteiger partial charge on any atom is 0.448 e. The number of hydrogen-bond acceptors (Lipinski definition) is 2. The molecular formula is C15H19N2O2+. The minimum atomic E-state index is 0.281. The van der Waals surface area contributed by atoms with Crippen LogP contribution in [0.25, 0.3) is 10.8 Å². The zero-order chi connectivity index (χ0) is 13.8. The summed E-state index contributed by atoms with van der Waals surface area (Å²) in [7, 11) is 3.83. The number of phenols is 1. The van der Waals surface area contributed by atoms with Crippen LogP contribution in [0.1, 0.15) is 6.92 Å². The highest BCUT2D eigenvalue weighted by Gasteiger charge is 2.14. The van der Waals surface area contributed by atoms with Gasteiger partial charge in [0.1, 0.15) is 11.4 Å². The third kappa shape index (κ3) is 2.78. The Morgan fingerprint density at radius 3 is 2.47 bits per heavy atom. The van der Waals surface area contributed by atoms with Gasteiger partial charge in [0.25, 0.3) is 0 Å². The monoisotopic (exact) mass is 259 g/mol. The quantitative estimate of drug-likeness (QED) is 0.377. The minimum Gasteiger partial charge on any atom is -0.507 e. The van der Waals surface area contributed by atoms with Crippen molar-refractivity contribution in [3.63, 3.8) is 0 Å². The lowest BCUT2D eigenvalue weighted by molar-refractivity contribution is -0.474. The van der Waals surface area contributed by atoms with Crippen molar-refractivity contribution in [1.82, 2.24) is 0 Å². The Hall–Kier alpha value is -2.23.